The van der Waals surface area contributed by atoms with Crippen LogP contribution in [0.4, 0.5) is 5.69 Å². The van der Waals surface area contributed by atoms with Gasteiger partial charge in [0.05, 0.1) is 0 Å². The lowest BCUT2D eigenvalue weighted by Gasteiger charge is -2.28. The fourth-order valence-electron chi connectivity index (χ4n) is 6.41. The van der Waals surface area contributed by atoms with E-state index in [0.717, 1.165) is 11.1 Å². The van der Waals surface area contributed by atoms with Crippen molar-refractivity contribution in [2.24, 2.45) is 0 Å². The molecule has 4 aromatic carbocycles. The Kier molecular flexibility index (Phi) is 12.8. The summed E-state index contributed by atoms with van der Waals surface area (Å²) in [5, 5.41) is 25.3. The van der Waals surface area contributed by atoms with Gasteiger partial charge in [-0.2, -0.15) is 0 Å². The Labute approximate surface area is 322 Å². The van der Waals surface area contributed by atoms with E-state index in [0.29, 0.717) is 28.8 Å². The van der Waals surface area contributed by atoms with Crippen molar-refractivity contribution >= 4 is 53.0 Å². The van der Waals surface area contributed by atoms with Crippen LogP contribution >= 0.6 is 11.8 Å². The summed E-state index contributed by atoms with van der Waals surface area (Å²) >= 11 is 1.37. The van der Waals surface area contributed by atoms with Gasteiger partial charge >= 0.3 is 5.97 Å². The predicted molar refractivity (Wildman–Crippen MR) is 209 cm³/mol. The molecule has 5 amide bonds. The van der Waals surface area contributed by atoms with E-state index in [1.54, 1.807) is 54.6 Å². The maximum atomic E-state index is 14.3. The Balaban J connectivity index is 1.34. The number of rotatable bonds is 6. The predicted octanol–water partition coefficient (Wildman–Crippen LogP) is 4.29. The fourth-order valence-corrected chi connectivity index (χ4v) is 7.41. The first-order valence-corrected chi connectivity index (χ1v) is 18.9. The summed E-state index contributed by atoms with van der Waals surface area (Å²) in [5.41, 5.74) is 4.08. The van der Waals surface area contributed by atoms with Gasteiger partial charge in [0.1, 0.15) is 24.2 Å². The van der Waals surface area contributed by atoms with E-state index >= 15 is 0 Å². The average Bonchev–Trinajstić information content (AvgIpc) is 3.74. The first-order chi connectivity index (χ1) is 26.6. The summed E-state index contributed by atoms with van der Waals surface area (Å²) in [5.74, 6) is -4.30. The van der Waals surface area contributed by atoms with Crippen molar-refractivity contribution in [3.63, 3.8) is 0 Å². The number of hydrogen-bond acceptors (Lipinski definition) is 7. The van der Waals surface area contributed by atoms with Crippen molar-refractivity contribution in [2.75, 3.05) is 5.32 Å². The third-order valence-corrected chi connectivity index (χ3v) is 10.5. The molecule has 13 heteroatoms. The van der Waals surface area contributed by atoms with Crippen LogP contribution in [0.5, 0.6) is 0 Å². The summed E-state index contributed by atoms with van der Waals surface area (Å²) < 4.78 is 0. The molecule has 3 aliphatic rings. The molecule has 0 radical (unpaired) electrons. The normalized spacial score (nSPS) is 22.7. The van der Waals surface area contributed by atoms with Gasteiger partial charge in [-0.3, -0.25) is 24.0 Å². The fraction of sp³-hybridized carbons (Fsp3) is 0.238. The molecule has 0 spiro atoms. The minimum atomic E-state index is -1.36. The molecule has 4 aromatic rings. The molecule has 0 aliphatic carbocycles. The van der Waals surface area contributed by atoms with Gasteiger partial charge < -0.3 is 31.7 Å². The highest BCUT2D eigenvalue weighted by atomic mass is 32.2. The van der Waals surface area contributed by atoms with Gasteiger partial charge in [-0.15, -0.1) is 11.8 Å². The van der Waals surface area contributed by atoms with Crippen molar-refractivity contribution in [3.05, 3.63) is 137 Å². The largest absolute Gasteiger partial charge is 0.480 e. The number of carbonyl (C=O) groups excluding carboxylic acids is 5. The zero-order valence-electron chi connectivity index (χ0n) is 29.8. The molecule has 282 valence electrons. The summed E-state index contributed by atoms with van der Waals surface area (Å²) in [6, 6.07) is 27.2. The number of aliphatic carboxylic acids is 1. The molecule has 3 heterocycles. The van der Waals surface area contributed by atoms with E-state index in [9.17, 15) is 33.9 Å². The second kappa shape index (κ2) is 18.2. The third kappa shape index (κ3) is 10.5. The number of carboxylic acid groups (broad SMARTS) is 1. The van der Waals surface area contributed by atoms with Crippen LogP contribution in [0.2, 0.25) is 0 Å². The molecule has 0 saturated heterocycles. The quantitative estimate of drug-likeness (QED) is 0.158. The van der Waals surface area contributed by atoms with E-state index in [2.05, 4.69) is 26.6 Å². The van der Waals surface area contributed by atoms with E-state index in [4.69, 9.17) is 0 Å². The summed E-state index contributed by atoms with van der Waals surface area (Å²) in [7, 11) is 0. The molecule has 0 fully saturated rings. The molecule has 55 heavy (non-hydrogen) atoms. The molecule has 12 nitrogen and oxygen atoms in total. The number of thioether (sulfide) groups is 1. The number of nitrogens with one attached hydrogen (secondary N) is 5. The lowest BCUT2D eigenvalue weighted by Crippen LogP contribution is -2.58. The molecular formula is C42H41N5O7S. The van der Waals surface area contributed by atoms with Crippen molar-refractivity contribution in [1.29, 1.82) is 0 Å². The highest BCUT2D eigenvalue weighted by Gasteiger charge is 2.35. The van der Waals surface area contributed by atoms with E-state index in [1.807, 2.05) is 66.1 Å². The van der Waals surface area contributed by atoms with Crippen LogP contribution in [0.15, 0.2) is 121 Å². The SMILES string of the molecule is O=C1CCC(=O)NC(C2CC=CS2)C(=O)N[C@@H](Cc2ccc(-c3ccccc3)cc2)C(=O)N[C@H](c2ccccc2)C(=O)N[C@H](C(=O)O)Cc2ccc(cc2)N1. The number of carboxylic acids is 1. The molecule has 2 unspecified atom stereocenters. The number of amides is 5. The highest BCUT2D eigenvalue weighted by Crippen LogP contribution is 2.28. The minimum Gasteiger partial charge on any atom is -0.480 e. The zero-order chi connectivity index (χ0) is 38.7. The topological polar surface area (TPSA) is 183 Å². The third-order valence-electron chi connectivity index (χ3n) is 9.38. The number of anilines is 1. The van der Waals surface area contributed by atoms with Crippen molar-refractivity contribution in [1.82, 2.24) is 21.3 Å². The molecule has 3 aliphatic heterocycles. The highest BCUT2D eigenvalue weighted by molar-refractivity contribution is 8.03. The number of carbonyl (C=O) groups is 6. The number of hydrogen-bond donors (Lipinski definition) is 6. The molecule has 2 bridgehead atoms. The van der Waals surface area contributed by atoms with Gasteiger partial charge in [-0.1, -0.05) is 103 Å². The minimum absolute atomic E-state index is 0.0280. The van der Waals surface area contributed by atoms with Gasteiger partial charge in [0.15, 0.2) is 0 Å². The van der Waals surface area contributed by atoms with E-state index in [-0.39, 0.29) is 30.9 Å². The van der Waals surface area contributed by atoms with Gasteiger partial charge in [0.2, 0.25) is 29.5 Å². The summed E-state index contributed by atoms with van der Waals surface area (Å²) in [4.78, 5) is 80.8. The Morgan fingerprint density at radius 3 is 1.98 bits per heavy atom. The Hall–Kier alpha value is -6.21. The average molecular weight is 760 g/mol. The van der Waals surface area contributed by atoms with Crippen LogP contribution in [-0.4, -0.2) is 64.0 Å². The first kappa shape index (κ1) is 38.5. The van der Waals surface area contributed by atoms with Crippen LogP contribution in [0.3, 0.4) is 0 Å². The molecular weight excluding hydrogens is 719 g/mol. The van der Waals surface area contributed by atoms with Crippen molar-refractivity contribution in [2.45, 2.75) is 61.5 Å². The van der Waals surface area contributed by atoms with E-state index < -0.39 is 59.7 Å². The Morgan fingerprint density at radius 1 is 0.673 bits per heavy atom. The van der Waals surface area contributed by atoms with Crippen LogP contribution in [0, 0.1) is 0 Å². The standard InChI is InChI=1S/C42H41N5O7S/c48-35-21-22-36(49)46-38(34-12-7-23-55-34)41(52)44-32(24-26-13-17-29(18-14-26)28-8-3-1-4-9-28)39(50)47-37(30-10-5-2-6-11-30)40(51)45-33(42(53)54)25-27-15-19-31(43-35)20-16-27/h1-11,13-20,23,32-34,37-38H,12,21-22,24-25H2,(H,43,48)(H,44,52)(H,45,51)(H,46,49)(H,47,50)(H,53,54)/t32-,33-,34?,37+,38?/m0/s1. The second-order valence-corrected chi connectivity index (χ2v) is 14.5. The molecule has 7 rings (SSSR count). The van der Waals surface area contributed by atoms with Crippen molar-refractivity contribution in [3.8, 4) is 11.1 Å². The number of allylic oxidation sites excluding steroid dienone is 1. The van der Waals surface area contributed by atoms with Gasteiger partial charge in [0.25, 0.3) is 0 Å². The second-order valence-electron chi connectivity index (χ2n) is 13.4. The summed E-state index contributed by atoms with van der Waals surface area (Å²) in [6.45, 7) is 0. The van der Waals surface area contributed by atoms with E-state index in [1.165, 1.54) is 11.8 Å². The van der Waals surface area contributed by atoms with Crippen LogP contribution in [0.1, 0.15) is 42.0 Å². The summed E-state index contributed by atoms with van der Waals surface area (Å²) in [6.07, 6.45) is 1.97. The van der Waals surface area contributed by atoms with Gasteiger partial charge in [-0.25, -0.2) is 4.79 Å². The van der Waals surface area contributed by atoms with Crippen LogP contribution < -0.4 is 26.6 Å². The van der Waals surface area contributed by atoms with Crippen LogP contribution in [-0.2, 0) is 41.6 Å². The lowest BCUT2D eigenvalue weighted by atomic mass is 9.99. The maximum Gasteiger partial charge on any atom is 0.326 e. The Morgan fingerprint density at radius 2 is 1.33 bits per heavy atom. The molecule has 5 atom stereocenters. The molecule has 6 N–H and O–H groups in total. The number of fused-ring (bicyclic) bond motifs is 18. The lowest BCUT2D eigenvalue weighted by molar-refractivity contribution is -0.142. The first-order valence-electron chi connectivity index (χ1n) is 17.9. The molecule has 0 saturated carbocycles. The van der Waals surface area contributed by atoms with Gasteiger partial charge in [-0.05, 0) is 51.8 Å². The Bertz CT molecular complexity index is 2030. The van der Waals surface area contributed by atoms with Crippen molar-refractivity contribution < 1.29 is 33.9 Å². The zero-order valence-corrected chi connectivity index (χ0v) is 30.6. The monoisotopic (exact) mass is 759 g/mol. The maximum absolute atomic E-state index is 14.3. The van der Waals surface area contributed by atoms with Crippen LogP contribution in [0.25, 0.3) is 11.1 Å². The smallest absolute Gasteiger partial charge is 0.326 e. The molecule has 0 aromatic heterocycles. The van der Waals surface area contributed by atoms with Gasteiger partial charge in [0, 0.05) is 36.6 Å². The number of benzene rings is 4.